The predicted octanol–water partition coefficient (Wildman–Crippen LogP) is 2.85. The topological polar surface area (TPSA) is 55.1 Å². The molecular weight excluding hydrogens is 260 g/mol. The second kappa shape index (κ2) is 8.18. The molecule has 0 aliphatic rings. The molecule has 4 heteroatoms. The van der Waals surface area contributed by atoms with Crippen LogP contribution in [0.1, 0.15) is 45.1 Å². The summed E-state index contributed by atoms with van der Waals surface area (Å²) in [7, 11) is 0. The zero-order chi connectivity index (χ0) is 13.6. The number of amides is 1. The van der Waals surface area contributed by atoms with Crippen LogP contribution in [0.4, 0.5) is 0 Å². The van der Waals surface area contributed by atoms with Crippen LogP contribution in [0.15, 0.2) is 30.3 Å². The lowest BCUT2D eigenvalue weighted by molar-refractivity contribution is -0.123. The third kappa shape index (κ3) is 6.08. The average Bonchev–Trinajstić information content (AvgIpc) is 2.36. The van der Waals surface area contributed by atoms with Gasteiger partial charge in [0.25, 0.3) is 0 Å². The second-order valence-electron chi connectivity index (χ2n) is 5.36. The Kier molecular flexibility index (Phi) is 7.72. The fourth-order valence-electron chi connectivity index (χ4n) is 1.93. The molecule has 0 aromatic heterocycles. The van der Waals surface area contributed by atoms with E-state index in [2.05, 4.69) is 24.4 Å². The number of benzene rings is 1. The van der Waals surface area contributed by atoms with Crippen molar-refractivity contribution in [3.63, 3.8) is 0 Å². The van der Waals surface area contributed by atoms with Crippen LogP contribution in [0.2, 0.25) is 0 Å². The Morgan fingerprint density at radius 2 is 1.89 bits per heavy atom. The van der Waals surface area contributed by atoms with Crippen molar-refractivity contribution < 1.29 is 4.79 Å². The minimum atomic E-state index is -0.327. The van der Waals surface area contributed by atoms with Gasteiger partial charge in [-0.3, -0.25) is 4.79 Å². The summed E-state index contributed by atoms with van der Waals surface area (Å²) in [5.41, 5.74) is 6.51. The van der Waals surface area contributed by atoms with Crippen molar-refractivity contribution in [2.75, 3.05) is 6.54 Å². The molecule has 0 spiro atoms. The van der Waals surface area contributed by atoms with Crippen molar-refractivity contribution in [2.45, 2.75) is 45.1 Å². The van der Waals surface area contributed by atoms with Crippen LogP contribution < -0.4 is 11.1 Å². The Morgan fingerprint density at radius 1 is 1.32 bits per heavy atom. The summed E-state index contributed by atoms with van der Waals surface area (Å²) in [6, 6.07) is 10.2. The molecule has 1 amide bonds. The van der Waals surface area contributed by atoms with Crippen molar-refractivity contribution in [3.05, 3.63) is 35.9 Å². The van der Waals surface area contributed by atoms with Crippen LogP contribution in [0.5, 0.6) is 0 Å². The van der Waals surface area contributed by atoms with Crippen LogP contribution in [-0.4, -0.2) is 18.0 Å². The van der Waals surface area contributed by atoms with E-state index in [1.165, 1.54) is 5.56 Å². The predicted molar refractivity (Wildman–Crippen MR) is 82.6 cm³/mol. The van der Waals surface area contributed by atoms with Gasteiger partial charge in [0.15, 0.2) is 0 Å². The normalized spacial score (nSPS) is 12.4. The SMILES string of the molecule is CCC(CC(=O)NC(C)(C)CN)c1ccccc1.Cl. The zero-order valence-electron chi connectivity index (χ0n) is 12.0. The number of halogens is 1. The maximum absolute atomic E-state index is 12.0. The van der Waals surface area contributed by atoms with E-state index in [9.17, 15) is 4.79 Å². The molecule has 3 nitrogen and oxygen atoms in total. The van der Waals surface area contributed by atoms with Crippen molar-refractivity contribution >= 4 is 18.3 Å². The van der Waals surface area contributed by atoms with Gasteiger partial charge in [0.05, 0.1) is 0 Å². The quantitative estimate of drug-likeness (QED) is 0.844. The molecule has 0 radical (unpaired) electrons. The van der Waals surface area contributed by atoms with Gasteiger partial charge in [-0.15, -0.1) is 12.4 Å². The minimum Gasteiger partial charge on any atom is -0.350 e. The van der Waals surface area contributed by atoms with E-state index < -0.39 is 0 Å². The first-order valence-corrected chi connectivity index (χ1v) is 6.54. The number of rotatable bonds is 6. The van der Waals surface area contributed by atoms with E-state index in [0.29, 0.717) is 13.0 Å². The summed E-state index contributed by atoms with van der Waals surface area (Å²) < 4.78 is 0. The Bertz CT molecular complexity index is 379. The first-order chi connectivity index (χ1) is 8.48. The molecule has 0 bridgehead atoms. The fourth-order valence-corrected chi connectivity index (χ4v) is 1.93. The van der Waals surface area contributed by atoms with Gasteiger partial charge < -0.3 is 11.1 Å². The van der Waals surface area contributed by atoms with Crippen molar-refractivity contribution in [3.8, 4) is 0 Å². The lowest BCUT2D eigenvalue weighted by Crippen LogP contribution is -2.49. The van der Waals surface area contributed by atoms with Gasteiger partial charge in [0.1, 0.15) is 0 Å². The molecule has 1 unspecified atom stereocenters. The summed E-state index contributed by atoms with van der Waals surface area (Å²) in [6.07, 6.45) is 1.48. The summed E-state index contributed by atoms with van der Waals surface area (Å²) in [6.45, 7) is 6.43. The highest BCUT2D eigenvalue weighted by atomic mass is 35.5. The van der Waals surface area contributed by atoms with E-state index in [0.717, 1.165) is 6.42 Å². The van der Waals surface area contributed by atoms with E-state index in [1.807, 2.05) is 32.0 Å². The fraction of sp³-hybridized carbons (Fsp3) is 0.533. The molecule has 108 valence electrons. The maximum Gasteiger partial charge on any atom is 0.221 e. The Labute approximate surface area is 122 Å². The molecule has 0 fully saturated rings. The number of hydrogen-bond donors (Lipinski definition) is 2. The molecule has 1 rings (SSSR count). The standard InChI is InChI=1S/C15H24N2O.ClH/c1-4-12(13-8-6-5-7-9-13)10-14(18)17-15(2,3)11-16;/h5-9,12H,4,10-11,16H2,1-3H3,(H,17,18);1H. The van der Waals surface area contributed by atoms with Gasteiger partial charge >= 0.3 is 0 Å². The monoisotopic (exact) mass is 284 g/mol. The second-order valence-corrected chi connectivity index (χ2v) is 5.36. The number of carbonyl (C=O) groups excluding carboxylic acids is 1. The van der Waals surface area contributed by atoms with Gasteiger partial charge in [0, 0.05) is 18.5 Å². The maximum atomic E-state index is 12.0. The van der Waals surface area contributed by atoms with E-state index in [1.54, 1.807) is 0 Å². The van der Waals surface area contributed by atoms with Gasteiger partial charge in [-0.25, -0.2) is 0 Å². The Hall–Kier alpha value is -1.06. The van der Waals surface area contributed by atoms with E-state index >= 15 is 0 Å². The van der Waals surface area contributed by atoms with Gasteiger partial charge in [-0.2, -0.15) is 0 Å². The summed E-state index contributed by atoms with van der Waals surface area (Å²) >= 11 is 0. The Morgan fingerprint density at radius 3 is 2.37 bits per heavy atom. The molecule has 0 heterocycles. The Balaban J connectivity index is 0.00000324. The summed E-state index contributed by atoms with van der Waals surface area (Å²) in [5.74, 6) is 0.348. The molecule has 0 aliphatic carbocycles. The number of carbonyl (C=O) groups is 1. The lowest BCUT2D eigenvalue weighted by Gasteiger charge is -2.25. The first kappa shape index (κ1) is 17.9. The first-order valence-electron chi connectivity index (χ1n) is 6.54. The third-order valence-electron chi connectivity index (χ3n) is 3.18. The summed E-state index contributed by atoms with van der Waals surface area (Å²) in [5, 5.41) is 2.98. The molecule has 1 aromatic rings. The molecule has 3 N–H and O–H groups in total. The molecular formula is C15H25ClN2O. The smallest absolute Gasteiger partial charge is 0.221 e. The third-order valence-corrected chi connectivity index (χ3v) is 3.18. The van der Waals surface area contributed by atoms with E-state index in [4.69, 9.17) is 5.73 Å². The summed E-state index contributed by atoms with van der Waals surface area (Å²) in [4.78, 5) is 12.0. The molecule has 0 saturated heterocycles. The van der Waals surface area contributed by atoms with Crippen LogP contribution in [0, 0.1) is 0 Å². The van der Waals surface area contributed by atoms with Gasteiger partial charge in [-0.1, -0.05) is 37.3 Å². The molecule has 19 heavy (non-hydrogen) atoms. The highest BCUT2D eigenvalue weighted by molar-refractivity contribution is 5.85. The zero-order valence-corrected chi connectivity index (χ0v) is 12.8. The van der Waals surface area contributed by atoms with Crippen molar-refractivity contribution in [1.29, 1.82) is 0 Å². The van der Waals surface area contributed by atoms with Gasteiger partial charge in [0.2, 0.25) is 5.91 Å². The number of nitrogens with two attached hydrogens (primary N) is 1. The number of hydrogen-bond acceptors (Lipinski definition) is 2. The molecule has 1 atom stereocenters. The van der Waals surface area contributed by atoms with Crippen LogP contribution >= 0.6 is 12.4 Å². The van der Waals surface area contributed by atoms with Crippen molar-refractivity contribution in [2.24, 2.45) is 5.73 Å². The van der Waals surface area contributed by atoms with Gasteiger partial charge in [-0.05, 0) is 31.7 Å². The lowest BCUT2D eigenvalue weighted by atomic mass is 9.92. The average molecular weight is 285 g/mol. The largest absolute Gasteiger partial charge is 0.350 e. The highest BCUT2D eigenvalue weighted by Crippen LogP contribution is 2.23. The minimum absolute atomic E-state index is 0. The highest BCUT2D eigenvalue weighted by Gasteiger charge is 2.21. The number of nitrogens with one attached hydrogen (secondary N) is 1. The van der Waals surface area contributed by atoms with Crippen LogP contribution in [0.25, 0.3) is 0 Å². The van der Waals surface area contributed by atoms with Crippen LogP contribution in [0.3, 0.4) is 0 Å². The molecule has 1 aromatic carbocycles. The molecule has 0 saturated carbocycles. The van der Waals surface area contributed by atoms with Crippen molar-refractivity contribution in [1.82, 2.24) is 5.32 Å². The molecule has 0 aliphatic heterocycles. The van der Waals surface area contributed by atoms with E-state index in [-0.39, 0.29) is 29.8 Å². The van der Waals surface area contributed by atoms with Crippen LogP contribution in [-0.2, 0) is 4.79 Å².